The Morgan fingerprint density at radius 2 is 1.50 bits per heavy atom. The van der Waals surface area contributed by atoms with Crippen molar-refractivity contribution in [1.82, 2.24) is 0 Å². The van der Waals surface area contributed by atoms with Crippen LogP contribution in [0.5, 0.6) is 0 Å². The zero-order chi connectivity index (χ0) is 16.8. The third-order valence-electron chi connectivity index (χ3n) is 6.57. The van der Waals surface area contributed by atoms with Gasteiger partial charge in [0.1, 0.15) is 0 Å². The lowest BCUT2D eigenvalue weighted by molar-refractivity contribution is 0.199. The maximum atomic E-state index is 2.69. The van der Waals surface area contributed by atoms with Crippen LogP contribution in [0, 0.1) is 11.8 Å². The molecule has 2 aliphatic rings. The van der Waals surface area contributed by atoms with Gasteiger partial charge in [-0.05, 0) is 61.6 Å². The van der Waals surface area contributed by atoms with E-state index in [4.69, 9.17) is 0 Å². The third kappa shape index (κ3) is 4.35. The number of hydrogen-bond donors (Lipinski definition) is 0. The molecular formula is C23H37N. The molecule has 24 heavy (non-hydrogen) atoms. The minimum atomic E-state index is 0.766. The van der Waals surface area contributed by atoms with Gasteiger partial charge in [-0.15, -0.1) is 0 Å². The molecule has 2 saturated carbocycles. The molecule has 0 saturated heterocycles. The van der Waals surface area contributed by atoms with E-state index in [0.29, 0.717) is 0 Å². The van der Waals surface area contributed by atoms with Crippen LogP contribution in [0.2, 0.25) is 0 Å². The number of rotatable bonds is 6. The van der Waals surface area contributed by atoms with Gasteiger partial charge in [-0.1, -0.05) is 64.0 Å². The van der Waals surface area contributed by atoms with Crippen molar-refractivity contribution in [2.75, 3.05) is 11.9 Å². The van der Waals surface area contributed by atoms with Crippen LogP contribution in [0.1, 0.15) is 83.1 Å². The van der Waals surface area contributed by atoms with Crippen LogP contribution in [0.3, 0.4) is 0 Å². The van der Waals surface area contributed by atoms with Gasteiger partial charge < -0.3 is 4.90 Å². The first-order valence-corrected chi connectivity index (χ1v) is 10.6. The van der Waals surface area contributed by atoms with E-state index in [1.165, 1.54) is 88.3 Å². The van der Waals surface area contributed by atoms with E-state index >= 15 is 0 Å². The van der Waals surface area contributed by atoms with E-state index < -0.39 is 0 Å². The number of aryl methyl sites for hydroxylation is 1. The van der Waals surface area contributed by atoms with Gasteiger partial charge in [-0.2, -0.15) is 0 Å². The maximum Gasteiger partial charge on any atom is 0.0369 e. The fourth-order valence-corrected chi connectivity index (χ4v) is 5.36. The SMILES string of the molecule is CCCc1cccc(N(C)C(C2CCCCC2)C2CCCCC2)c1. The van der Waals surface area contributed by atoms with E-state index in [0.717, 1.165) is 17.9 Å². The number of anilines is 1. The summed E-state index contributed by atoms with van der Waals surface area (Å²) in [7, 11) is 2.39. The average molecular weight is 328 g/mol. The minimum absolute atomic E-state index is 0.766. The molecular weight excluding hydrogens is 290 g/mol. The van der Waals surface area contributed by atoms with Gasteiger partial charge in [0, 0.05) is 18.8 Å². The summed E-state index contributed by atoms with van der Waals surface area (Å²) in [4.78, 5) is 2.69. The van der Waals surface area contributed by atoms with E-state index in [1.807, 2.05) is 0 Å². The molecule has 2 fully saturated rings. The molecule has 0 unspecified atom stereocenters. The summed E-state index contributed by atoms with van der Waals surface area (Å²) < 4.78 is 0. The van der Waals surface area contributed by atoms with Crippen molar-refractivity contribution in [2.24, 2.45) is 11.8 Å². The Bertz CT molecular complexity index is 465. The first kappa shape index (κ1) is 17.8. The summed E-state index contributed by atoms with van der Waals surface area (Å²) in [6, 6.07) is 10.1. The van der Waals surface area contributed by atoms with Gasteiger partial charge >= 0.3 is 0 Å². The molecule has 0 spiro atoms. The number of hydrogen-bond acceptors (Lipinski definition) is 1. The summed E-state index contributed by atoms with van der Waals surface area (Å²) in [5, 5.41) is 0. The Kier molecular flexibility index (Phi) is 6.63. The molecule has 2 aliphatic carbocycles. The van der Waals surface area contributed by atoms with Crippen LogP contribution in [0.15, 0.2) is 24.3 Å². The largest absolute Gasteiger partial charge is 0.371 e. The zero-order valence-electron chi connectivity index (χ0n) is 16.0. The second-order valence-corrected chi connectivity index (χ2v) is 8.32. The average Bonchev–Trinajstić information content (AvgIpc) is 2.64. The normalized spacial score (nSPS) is 20.5. The maximum absolute atomic E-state index is 2.69. The van der Waals surface area contributed by atoms with Crippen LogP contribution in [-0.4, -0.2) is 13.1 Å². The Morgan fingerprint density at radius 3 is 2.04 bits per heavy atom. The third-order valence-corrected chi connectivity index (χ3v) is 6.57. The Hall–Kier alpha value is -0.980. The number of nitrogens with zero attached hydrogens (tertiary/aromatic N) is 1. The Morgan fingerprint density at radius 1 is 0.917 bits per heavy atom. The summed E-state index contributed by atoms with van der Waals surface area (Å²) in [5.74, 6) is 1.84. The van der Waals surface area contributed by atoms with E-state index in [9.17, 15) is 0 Å². The summed E-state index contributed by atoms with van der Waals surface area (Å²) in [5.41, 5.74) is 2.97. The van der Waals surface area contributed by atoms with Crippen molar-refractivity contribution in [2.45, 2.75) is 90.0 Å². The van der Waals surface area contributed by atoms with Gasteiger partial charge in [0.15, 0.2) is 0 Å². The van der Waals surface area contributed by atoms with Crippen LogP contribution < -0.4 is 4.90 Å². The molecule has 3 rings (SSSR count). The lowest BCUT2D eigenvalue weighted by Gasteiger charge is -2.44. The Labute approximate surface area is 149 Å². The zero-order valence-corrected chi connectivity index (χ0v) is 16.0. The van der Waals surface area contributed by atoms with Crippen molar-refractivity contribution >= 4 is 5.69 Å². The monoisotopic (exact) mass is 327 g/mol. The fraction of sp³-hybridized carbons (Fsp3) is 0.739. The molecule has 0 atom stereocenters. The van der Waals surface area contributed by atoms with Crippen molar-refractivity contribution < 1.29 is 0 Å². The van der Waals surface area contributed by atoms with E-state index in [2.05, 4.69) is 43.1 Å². The molecule has 134 valence electrons. The highest BCUT2D eigenvalue weighted by molar-refractivity contribution is 5.49. The molecule has 0 aromatic heterocycles. The van der Waals surface area contributed by atoms with Crippen molar-refractivity contribution in [3.05, 3.63) is 29.8 Å². The molecule has 0 amide bonds. The van der Waals surface area contributed by atoms with Crippen molar-refractivity contribution in [3.63, 3.8) is 0 Å². The summed E-state index contributed by atoms with van der Waals surface area (Å²) in [6.07, 6.45) is 17.0. The second-order valence-electron chi connectivity index (χ2n) is 8.32. The van der Waals surface area contributed by atoms with Crippen LogP contribution >= 0.6 is 0 Å². The highest BCUT2D eigenvalue weighted by Crippen LogP contribution is 2.39. The molecule has 0 N–H and O–H groups in total. The molecule has 0 bridgehead atoms. The molecule has 0 radical (unpaired) electrons. The second kappa shape index (κ2) is 8.92. The molecule has 0 heterocycles. The van der Waals surface area contributed by atoms with Gasteiger partial charge in [0.2, 0.25) is 0 Å². The van der Waals surface area contributed by atoms with Crippen LogP contribution in [0.25, 0.3) is 0 Å². The highest BCUT2D eigenvalue weighted by Gasteiger charge is 2.34. The highest BCUT2D eigenvalue weighted by atomic mass is 15.1. The quantitative estimate of drug-likeness (QED) is 0.568. The lowest BCUT2D eigenvalue weighted by Crippen LogP contribution is -2.45. The van der Waals surface area contributed by atoms with E-state index in [1.54, 1.807) is 0 Å². The first-order chi connectivity index (χ1) is 11.8. The molecule has 1 aromatic carbocycles. The summed E-state index contributed by atoms with van der Waals surface area (Å²) >= 11 is 0. The van der Waals surface area contributed by atoms with Gasteiger partial charge in [0.25, 0.3) is 0 Å². The van der Waals surface area contributed by atoms with E-state index in [-0.39, 0.29) is 0 Å². The first-order valence-electron chi connectivity index (χ1n) is 10.6. The summed E-state index contributed by atoms with van der Waals surface area (Å²) in [6.45, 7) is 2.28. The van der Waals surface area contributed by atoms with Crippen LogP contribution in [-0.2, 0) is 6.42 Å². The van der Waals surface area contributed by atoms with Crippen molar-refractivity contribution in [1.29, 1.82) is 0 Å². The fourth-order valence-electron chi connectivity index (χ4n) is 5.36. The standard InChI is InChI=1S/C23H37N/c1-3-11-19-12-10-17-22(18-19)24(2)23(20-13-6-4-7-14-20)21-15-8-5-9-16-21/h10,12,17-18,20-21,23H,3-9,11,13-16H2,1-2H3. The van der Waals surface area contributed by atoms with Gasteiger partial charge in [-0.3, -0.25) is 0 Å². The van der Waals surface area contributed by atoms with Gasteiger partial charge in [0.05, 0.1) is 0 Å². The topological polar surface area (TPSA) is 3.24 Å². The predicted molar refractivity (Wildman–Crippen MR) is 106 cm³/mol. The molecule has 1 heteroatoms. The van der Waals surface area contributed by atoms with Gasteiger partial charge in [-0.25, -0.2) is 0 Å². The van der Waals surface area contributed by atoms with Crippen LogP contribution in [0.4, 0.5) is 5.69 Å². The number of benzene rings is 1. The molecule has 0 aliphatic heterocycles. The Balaban J connectivity index is 1.81. The lowest BCUT2D eigenvalue weighted by atomic mass is 9.73. The smallest absolute Gasteiger partial charge is 0.0369 e. The molecule has 1 nitrogen and oxygen atoms in total. The minimum Gasteiger partial charge on any atom is -0.371 e. The van der Waals surface area contributed by atoms with Crippen molar-refractivity contribution in [3.8, 4) is 0 Å². The predicted octanol–water partition coefficient (Wildman–Crippen LogP) is 6.60. The molecule has 1 aromatic rings.